The summed E-state index contributed by atoms with van der Waals surface area (Å²) < 4.78 is 9.86. The average molecular weight is 211 g/mol. The summed E-state index contributed by atoms with van der Waals surface area (Å²) in [6.07, 6.45) is 4.21. The Morgan fingerprint density at radius 2 is 2.20 bits per heavy atom. The summed E-state index contributed by atoms with van der Waals surface area (Å²) in [4.78, 5) is 10.9. The second-order valence-electron chi connectivity index (χ2n) is 3.72. The third-order valence-corrected chi connectivity index (χ3v) is 2.85. The fraction of sp³-hybridized carbons (Fsp3) is 0.600. The van der Waals surface area contributed by atoms with Gasteiger partial charge < -0.3 is 14.4 Å². The highest BCUT2D eigenvalue weighted by Gasteiger charge is 2.30. The van der Waals surface area contributed by atoms with E-state index in [1.807, 2.05) is 0 Å². The molecule has 0 atom stereocenters. The predicted octanol–water partition coefficient (Wildman–Crippen LogP) is 2.04. The van der Waals surface area contributed by atoms with E-state index >= 15 is 0 Å². The minimum Gasteiger partial charge on any atom is -0.476 e. The Kier molecular flexibility index (Phi) is 2.62. The third-order valence-electron chi connectivity index (χ3n) is 2.85. The predicted molar refractivity (Wildman–Crippen MR) is 51.2 cm³/mol. The summed E-state index contributed by atoms with van der Waals surface area (Å²) in [6, 6.07) is 0. The number of aromatic nitrogens is 1. The van der Waals surface area contributed by atoms with Crippen molar-refractivity contribution in [3.63, 3.8) is 0 Å². The molecule has 1 heterocycles. The Labute approximate surface area is 87.0 Å². The molecule has 82 valence electrons. The lowest BCUT2D eigenvalue weighted by Crippen LogP contribution is -2.05. The van der Waals surface area contributed by atoms with Gasteiger partial charge in [-0.3, -0.25) is 0 Å². The van der Waals surface area contributed by atoms with E-state index in [1.165, 1.54) is 7.11 Å². The van der Waals surface area contributed by atoms with Crippen LogP contribution in [0.25, 0.3) is 0 Å². The minimum absolute atomic E-state index is 0.00116. The Morgan fingerprint density at radius 3 is 2.73 bits per heavy atom. The van der Waals surface area contributed by atoms with Crippen LogP contribution in [0, 0.1) is 0 Å². The van der Waals surface area contributed by atoms with Crippen molar-refractivity contribution in [3.05, 3.63) is 11.3 Å². The smallest absolute Gasteiger partial charge is 0.358 e. The van der Waals surface area contributed by atoms with Crippen LogP contribution in [0.3, 0.4) is 0 Å². The first-order chi connectivity index (χ1) is 7.24. The molecule has 0 radical (unpaired) electrons. The summed E-state index contributed by atoms with van der Waals surface area (Å²) in [5.74, 6) is -0.583. The van der Waals surface area contributed by atoms with E-state index in [-0.39, 0.29) is 17.6 Å². The SMILES string of the molecule is COc1onc(C(=O)O)c1C1CCCC1. The van der Waals surface area contributed by atoms with Gasteiger partial charge in [0.15, 0.2) is 5.69 Å². The zero-order chi connectivity index (χ0) is 10.8. The zero-order valence-corrected chi connectivity index (χ0v) is 8.52. The molecule has 15 heavy (non-hydrogen) atoms. The van der Waals surface area contributed by atoms with Crippen molar-refractivity contribution in [2.24, 2.45) is 0 Å². The molecule has 1 aliphatic carbocycles. The molecular formula is C10H13NO4. The summed E-state index contributed by atoms with van der Waals surface area (Å²) in [7, 11) is 1.46. The van der Waals surface area contributed by atoms with Gasteiger partial charge in [-0.05, 0) is 18.8 Å². The lowest BCUT2D eigenvalue weighted by Gasteiger charge is -2.07. The minimum atomic E-state index is -1.05. The van der Waals surface area contributed by atoms with Crippen molar-refractivity contribution >= 4 is 5.97 Å². The number of nitrogens with zero attached hydrogens (tertiary/aromatic N) is 1. The lowest BCUT2D eigenvalue weighted by atomic mass is 9.98. The van der Waals surface area contributed by atoms with Crippen LogP contribution in [0.2, 0.25) is 0 Å². The summed E-state index contributed by atoms with van der Waals surface area (Å²) in [6.45, 7) is 0. The number of ether oxygens (including phenoxy) is 1. The van der Waals surface area contributed by atoms with Gasteiger partial charge in [0.05, 0.1) is 12.7 Å². The first kappa shape index (κ1) is 10.0. The van der Waals surface area contributed by atoms with Gasteiger partial charge in [-0.25, -0.2) is 4.79 Å². The number of carboxylic acids is 1. The quantitative estimate of drug-likeness (QED) is 0.828. The van der Waals surface area contributed by atoms with E-state index in [1.54, 1.807) is 0 Å². The van der Waals surface area contributed by atoms with Crippen LogP contribution in [0.4, 0.5) is 0 Å². The largest absolute Gasteiger partial charge is 0.476 e. The van der Waals surface area contributed by atoms with Gasteiger partial charge >= 0.3 is 11.9 Å². The van der Waals surface area contributed by atoms with Gasteiger partial charge in [-0.1, -0.05) is 18.0 Å². The Morgan fingerprint density at radius 1 is 1.53 bits per heavy atom. The highest BCUT2D eigenvalue weighted by atomic mass is 16.6. The van der Waals surface area contributed by atoms with E-state index in [0.717, 1.165) is 25.7 Å². The molecule has 1 aromatic heterocycles. The van der Waals surface area contributed by atoms with Crippen molar-refractivity contribution in [2.45, 2.75) is 31.6 Å². The van der Waals surface area contributed by atoms with Gasteiger partial charge in [0.1, 0.15) is 0 Å². The number of methoxy groups -OCH3 is 1. The van der Waals surface area contributed by atoms with E-state index in [2.05, 4.69) is 5.16 Å². The maximum atomic E-state index is 10.9. The van der Waals surface area contributed by atoms with Gasteiger partial charge in [0.2, 0.25) is 0 Å². The Bertz CT molecular complexity index is 365. The molecule has 1 aromatic rings. The van der Waals surface area contributed by atoms with Gasteiger partial charge in [0, 0.05) is 0 Å². The van der Waals surface area contributed by atoms with Crippen molar-refractivity contribution < 1.29 is 19.2 Å². The number of hydrogen-bond acceptors (Lipinski definition) is 4. The number of hydrogen-bond donors (Lipinski definition) is 1. The third kappa shape index (κ3) is 1.69. The molecule has 0 bridgehead atoms. The van der Waals surface area contributed by atoms with Crippen molar-refractivity contribution in [1.82, 2.24) is 5.16 Å². The maximum Gasteiger partial charge on any atom is 0.358 e. The topological polar surface area (TPSA) is 72.6 Å². The second-order valence-corrected chi connectivity index (χ2v) is 3.72. The lowest BCUT2D eigenvalue weighted by molar-refractivity contribution is 0.0684. The van der Waals surface area contributed by atoms with Crippen molar-refractivity contribution in [1.29, 1.82) is 0 Å². The van der Waals surface area contributed by atoms with Crippen LogP contribution in [0.5, 0.6) is 5.95 Å². The molecule has 0 saturated heterocycles. The molecule has 1 N–H and O–H groups in total. The fourth-order valence-corrected chi connectivity index (χ4v) is 2.16. The molecule has 5 nitrogen and oxygen atoms in total. The number of carbonyl (C=O) groups is 1. The Balaban J connectivity index is 2.39. The van der Waals surface area contributed by atoms with Crippen LogP contribution in [0.1, 0.15) is 47.7 Å². The summed E-state index contributed by atoms with van der Waals surface area (Å²) >= 11 is 0. The van der Waals surface area contributed by atoms with Crippen LogP contribution >= 0.6 is 0 Å². The summed E-state index contributed by atoms with van der Waals surface area (Å²) in [5.41, 5.74) is 0.626. The van der Waals surface area contributed by atoms with E-state index in [0.29, 0.717) is 5.56 Å². The van der Waals surface area contributed by atoms with E-state index < -0.39 is 5.97 Å². The highest BCUT2D eigenvalue weighted by molar-refractivity contribution is 5.87. The standard InChI is InChI=1S/C10H13NO4/c1-14-10-7(6-4-2-3-5-6)8(9(12)13)11-15-10/h6H,2-5H2,1H3,(H,12,13). The molecule has 0 spiro atoms. The normalized spacial score (nSPS) is 16.9. The van der Waals surface area contributed by atoms with Gasteiger partial charge in [-0.15, -0.1) is 0 Å². The van der Waals surface area contributed by atoms with Crippen molar-refractivity contribution in [2.75, 3.05) is 7.11 Å². The second kappa shape index (κ2) is 3.92. The average Bonchev–Trinajstić information content (AvgIpc) is 2.85. The van der Waals surface area contributed by atoms with Gasteiger partial charge in [0.25, 0.3) is 0 Å². The molecule has 0 amide bonds. The molecule has 2 rings (SSSR count). The molecule has 1 saturated carbocycles. The maximum absolute atomic E-state index is 10.9. The van der Waals surface area contributed by atoms with Gasteiger partial charge in [-0.2, -0.15) is 0 Å². The molecule has 1 aliphatic rings. The molecule has 5 heteroatoms. The van der Waals surface area contributed by atoms with E-state index in [9.17, 15) is 4.79 Å². The summed E-state index contributed by atoms with van der Waals surface area (Å²) in [5, 5.41) is 12.5. The molecule has 1 fully saturated rings. The van der Waals surface area contributed by atoms with Crippen LogP contribution in [-0.4, -0.2) is 23.3 Å². The Hall–Kier alpha value is -1.52. The van der Waals surface area contributed by atoms with Crippen LogP contribution in [0.15, 0.2) is 4.52 Å². The van der Waals surface area contributed by atoms with Crippen molar-refractivity contribution in [3.8, 4) is 5.95 Å². The van der Waals surface area contributed by atoms with Crippen LogP contribution in [-0.2, 0) is 0 Å². The molecule has 0 unspecified atom stereocenters. The monoisotopic (exact) mass is 211 g/mol. The highest BCUT2D eigenvalue weighted by Crippen LogP contribution is 2.40. The zero-order valence-electron chi connectivity index (χ0n) is 8.52. The number of aromatic carboxylic acids is 1. The number of carboxylic acid groups (broad SMARTS) is 1. The van der Waals surface area contributed by atoms with Crippen LogP contribution < -0.4 is 4.74 Å². The fourth-order valence-electron chi connectivity index (χ4n) is 2.16. The first-order valence-electron chi connectivity index (χ1n) is 5.01. The number of rotatable bonds is 3. The molecule has 0 aromatic carbocycles. The first-order valence-corrected chi connectivity index (χ1v) is 5.01. The molecule has 0 aliphatic heterocycles. The van der Waals surface area contributed by atoms with E-state index in [4.69, 9.17) is 14.4 Å². The molecular weight excluding hydrogens is 198 g/mol.